The van der Waals surface area contributed by atoms with Crippen LogP contribution in [0.5, 0.6) is 11.5 Å². The van der Waals surface area contributed by atoms with Crippen LogP contribution in [-0.4, -0.2) is 49.4 Å². The largest absolute Gasteiger partial charge is 0.454 e. The molecule has 2 N–H and O–H groups in total. The van der Waals surface area contributed by atoms with Gasteiger partial charge in [0.05, 0.1) is 6.54 Å². The van der Waals surface area contributed by atoms with Gasteiger partial charge < -0.3 is 20.1 Å². The lowest BCUT2D eigenvalue weighted by atomic mass is 10.1. The molecule has 146 valence electrons. The maximum absolute atomic E-state index is 5.44. The highest BCUT2D eigenvalue weighted by Crippen LogP contribution is 2.32. The van der Waals surface area contributed by atoms with E-state index in [-0.39, 0.29) is 24.0 Å². The summed E-state index contributed by atoms with van der Waals surface area (Å²) in [5.41, 5.74) is 1.12. The van der Waals surface area contributed by atoms with E-state index in [0.717, 1.165) is 42.7 Å². The Hall–Kier alpha value is -1.22. The Kier molecular flexibility index (Phi) is 7.82. The summed E-state index contributed by atoms with van der Waals surface area (Å²) in [6, 6.07) is 7.01. The molecule has 0 saturated carbocycles. The van der Waals surface area contributed by atoms with E-state index in [0.29, 0.717) is 31.3 Å². The number of nitrogens with one attached hydrogen (secondary N) is 2. The van der Waals surface area contributed by atoms with Crippen molar-refractivity contribution < 1.29 is 9.47 Å². The van der Waals surface area contributed by atoms with E-state index in [1.807, 2.05) is 18.2 Å². The number of benzene rings is 1. The fourth-order valence-corrected chi connectivity index (χ4v) is 3.32. The summed E-state index contributed by atoms with van der Waals surface area (Å²) in [6.07, 6.45) is 0. The molecule has 0 amide bonds. The third kappa shape index (κ3) is 5.16. The average molecular weight is 474 g/mol. The molecule has 6 nitrogen and oxygen atoms in total. The zero-order valence-electron chi connectivity index (χ0n) is 16.1. The predicted octanol–water partition coefficient (Wildman–Crippen LogP) is 2.82. The average Bonchev–Trinajstić information content (AvgIpc) is 3.19. The Morgan fingerprint density at radius 3 is 2.73 bits per heavy atom. The van der Waals surface area contributed by atoms with Crippen molar-refractivity contribution in [2.24, 2.45) is 10.9 Å². The van der Waals surface area contributed by atoms with E-state index in [4.69, 9.17) is 14.5 Å². The third-order valence-electron chi connectivity index (χ3n) is 4.89. The molecule has 2 atom stereocenters. The second kappa shape index (κ2) is 9.64. The molecular weight excluding hydrogens is 443 g/mol. The molecule has 2 aliphatic heterocycles. The van der Waals surface area contributed by atoms with Crippen molar-refractivity contribution in [3.8, 4) is 11.5 Å². The molecule has 1 aromatic carbocycles. The fraction of sp³-hybridized carbons (Fsp3) is 0.632. The minimum absolute atomic E-state index is 0. The van der Waals surface area contributed by atoms with Crippen molar-refractivity contribution in [1.82, 2.24) is 15.5 Å². The third-order valence-corrected chi connectivity index (χ3v) is 4.89. The van der Waals surface area contributed by atoms with Crippen LogP contribution >= 0.6 is 24.0 Å². The van der Waals surface area contributed by atoms with Gasteiger partial charge in [0.1, 0.15) is 0 Å². The van der Waals surface area contributed by atoms with Gasteiger partial charge in [-0.05, 0) is 44.4 Å². The molecule has 2 unspecified atom stereocenters. The van der Waals surface area contributed by atoms with Gasteiger partial charge in [0.15, 0.2) is 17.5 Å². The number of aliphatic imine (C=N–C) groups is 1. The highest BCUT2D eigenvalue weighted by Gasteiger charge is 2.31. The molecule has 2 heterocycles. The SMILES string of the molecule is CCNC(=NCc1ccc2c(c1)OCO2)NC1CN(C(C)C)CC1C.I. The molecule has 1 fully saturated rings. The van der Waals surface area contributed by atoms with Crippen molar-refractivity contribution in [1.29, 1.82) is 0 Å². The van der Waals surface area contributed by atoms with Gasteiger partial charge in [0, 0.05) is 31.7 Å². The molecule has 0 aromatic heterocycles. The van der Waals surface area contributed by atoms with Crippen LogP contribution in [0.2, 0.25) is 0 Å². The van der Waals surface area contributed by atoms with Crippen molar-refractivity contribution in [3.63, 3.8) is 0 Å². The number of hydrogen-bond donors (Lipinski definition) is 2. The highest BCUT2D eigenvalue weighted by atomic mass is 127. The van der Waals surface area contributed by atoms with Crippen LogP contribution in [0.4, 0.5) is 0 Å². The monoisotopic (exact) mass is 474 g/mol. The van der Waals surface area contributed by atoms with Crippen molar-refractivity contribution >= 4 is 29.9 Å². The Morgan fingerprint density at radius 1 is 1.27 bits per heavy atom. The number of fused-ring (bicyclic) bond motifs is 1. The minimum atomic E-state index is 0. The van der Waals surface area contributed by atoms with Gasteiger partial charge in [-0.2, -0.15) is 0 Å². The lowest BCUT2D eigenvalue weighted by Crippen LogP contribution is -2.46. The number of hydrogen-bond acceptors (Lipinski definition) is 4. The first-order valence-electron chi connectivity index (χ1n) is 9.24. The maximum atomic E-state index is 5.44. The van der Waals surface area contributed by atoms with E-state index < -0.39 is 0 Å². The van der Waals surface area contributed by atoms with Gasteiger partial charge in [0.25, 0.3) is 0 Å². The molecule has 0 spiro atoms. The van der Waals surface area contributed by atoms with Crippen molar-refractivity contribution in [3.05, 3.63) is 23.8 Å². The quantitative estimate of drug-likeness (QED) is 0.391. The van der Waals surface area contributed by atoms with E-state index in [1.54, 1.807) is 0 Å². The standard InChI is InChI=1S/C19H30N4O2.HI/c1-5-20-19(22-16-11-23(13(2)3)10-14(16)4)21-9-15-6-7-17-18(8-15)25-12-24-17;/h6-8,13-14,16H,5,9-12H2,1-4H3,(H2,20,21,22);1H. The lowest BCUT2D eigenvalue weighted by Gasteiger charge is -2.22. The van der Waals surface area contributed by atoms with Gasteiger partial charge in [-0.3, -0.25) is 4.90 Å². The predicted molar refractivity (Wildman–Crippen MR) is 116 cm³/mol. The molecule has 1 saturated heterocycles. The first kappa shape index (κ1) is 21.1. The number of rotatable bonds is 5. The number of halogens is 1. The summed E-state index contributed by atoms with van der Waals surface area (Å²) in [7, 11) is 0. The first-order chi connectivity index (χ1) is 12.1. The van der Waals surface area contributed by atoms with Gasteiger partial charge in [-0.1, -0.05) is 13.0 Å². The van der Waals surface area contributed by atoms with Crippen LogP contribution in [-0.2, 0) is 6.54 Å². The van der Waals surface area contributed by atoms with Crippen LogP contribution in [0.25, 0.3) is 0 Å². The Bertz CT molecular complexity index is 624. The zero-order valence-corrected chi connectivity index (χ0v) is 18.4. The summed E-state index contributed by atoms with van der Waals surface area (Å²) in [5, 5.41) is 6.98. The maximum Gasteiger partial charge on any atom is 0.231 e. The van der Waals surface area contributed by atoms with Gasteiger partial charge >= 0.3 is 0 Å². The van der Waals surface area contributed by atoms with Crippen LogP contribution < -0.4 is 20.1 Å². The molecular formula is C19H31IN4O2. The van der Waals surface area contributed by atoms with E-state index >= 15 is 0 Å². The summed E-state index contributed by atoms with van der Waals surface area (Å²) < 4.78 is 10.8. The minimum Gasteiger partial charge on any atom is -0.454 e. The Labute approximate surface area is 173 Å². The number of ether oxygens (including phenoxy) is 2. The highest BCUT2D eigenvalue weighted by molar-refractivity contribution is 14.0. The zero-order chi connectivity index (χ0) is 17.8. The van der Waals surface area contributed by atoms with E-state index in [1.165, 1.54) is 0 Å². The second-order valence-electron chi connectivity index (χ2n) is 7.16. The van der Waals surface area contributed by atoms with E-state index in [9.17, 15) is 0 Å². The number of likely N-dealkylation sites (tertiary alicyclic amines) is 1. The lowest BCUT2D eigenvalue weighted by molar-refractivity contribution is 0.174. The topological polar surface area (TPSA) is 58.1 Å². The molecule has 7 heteroatoms. The molecule has 0 radical (unpaired) electrons. The molecule has 2 aliphatic rings. The van der Waals surface area contributed by atoms with Gasteiger partial charge in [-0.25, -0.2) is 4.99 Å². The second-order valence-corrected chi connectivity index (χ2v) is 7.16. The fourth-order valence-electron chi connectivity index (χ4n) is 3.32. The van der Waals surface area contributed by atoms with Crippen molar-refractivity contribution in [2.45, 2.75) is 46.3 Å². The summed E-state index contributed by atoms with van der Waals surface area (Å²) in [4.78, 5) is 7.27. The van der Waals surface area contributed by atoms with Crippen LogP contribution in [0.3, 0.4) is 0 Å². The summed E-state index contributed by atoms with van der Waals surface area (Å²) >= 11 is 0. The summed E-state index contributed by atoms with van der Waals surface area (Å²) in [5.74, 6) is 3.10. The Morgan fingerprint density at radius 2 is 2.04 bits per heavy atom. The molecule has 26 heavy (non-hydrogen) atoms. The molecule has 1 aromatic rings. The molecule has 3 rings (SSSR count). The Balaban J connectivity index is 0.00000243. The van der Waals surface area contributed by atoms with Crippen molar-refractivity contribution in [2.75, 3.05) is 26.4 Å². The number of guanidine groups is 1. The van der Waals surface area contributed by atoms with Gasteiger partial charge in [-0.15, -0.1) is 24.0 Å². The van der Waals surface area contributed by atoms with Crippen LogP contribution in [0, 0.1) is 5.92 Å². The molecule has 0 bridgehead atoms. The smallest absolute Gasteiger partial charge is 0.231 e. The van der Waals surface area contributed by atoms with Crippen LogP contribution in [0.1, 0.15) is 33.3 Å². The van der Waals surface area contributed by atoms with Gasteiger partial charge in [0.2, 0.25) is 6.79 Å². The van der Waals surface area contributed by atoms with E-state index in [2.05, 4.69) is 43.2 Å². The number of nitrogens with zero attached hydrogens (tertiary/aromatic N) is 2. The summed E-state index contributed by atoms with van der Waals surface area (Å²) in [6.45, 7) is 12.9. The normalized spacial score (nSPS) is 22.4. The first-order valence-corrected chi connectivity index (χ1v) is 9.24. The molecule has 0 aliphatic carbocycles. The van der Waals surface area contributed by atoms with Crippen LogP contribution in [0.15, 0.2) is 23.2 Å².